The Balaban J connectivity index is 3.20. The van der Waals surface area contributed by atoms with Gasteiger partial charge in [0.2, 0.25) is 0 Å². The summed E-state index contributed by atoms with van der Waals surface area (Å²) in [7, 11) is 0. The van der Waals surface area contributed by atoms with Gasteiger partial charge in [-0.3, -0.25) is 0 Å². The second-order valence-corrected chi connectivity index (χ2v) is 3.77. The maximum absolute atomic E-state index is 5.65. The highest BCUT2D eigenvalue weighted by molar-refractivity contribution is 7.80. The van der Waals surface area contributed by atoms with E-state index in [1.165, 1.54) is 11.3 Å². The summed E-state index contributed by atoms with van der Waals surface area (Å²) < 4.78 is 2.18. The van der Waals surface area contributed by atoms with Crippen LogP contribution in [0, 0.1) is 6.92 Å². The number of thiol groups is 1. The average molecular weight is 184 g/mol. The molecule has 2 nitrogen and oxygen atoms in total. The van der Waals surface area contributed by atoms with E-state index in [2.05, 4.69) is 38.0 Å². The Kier molecular flexibility index (Phi) is 2.85. The molecule has 1 aromatic rings. The second kappa shape index (κ2) is 3.54. The molecule has 0 aromatic carbocycles. The molecule has 0 aliphatic rings. The van der Waals surface area contributed by atoms with E-state index in [1.54, 1.807) is 0 Å². The van der Waals surface area contributed by atoms with E-state index >= 15 is 0 Å². The van der Waals surface area contributed by atoms with Gasteiger partial charge in [0.25, 0.3) is 0 Å². The molecule has 1 aromatic heterocycles. The lowest BCUT2D eigenvalue weighted by atomic mass is 10.2. The average Bonchev–Trinajstić information content (AvgIpc) is 2.29. The van der Waals surface area contributed by atoms with Crippen molar-refractivity contribution in [1.29, 1.82) is 0 Å². The van der Waals surface area contributed by atoms with Gasteiger partial charge in [0.1, 0.15) is 0 Å². The zero-order valence-electron chi connectivity index (χ0n) is 7.83. The minimum atomic E-state index is 0.461. The van der Waals surface area contributed by atoms with E-state index in [0.29, 0.717) is 12.6 Å². The van der Waals surface area contributed by atoms with E-state index in [-0.39, 0.29) is 0 Å². The van der Waals surface area contributed by atoms with Crippen LogP contribution in [-0.2, 0) is 6.54 Å². The molecule has 1 rings (SSSR count). The molecule has 0 saturated heterocycles. The topological polar surface area (TPSA) is 30.9 Å². The molecule has 0 spiro atoms. The second-order valence-electron chi connectivity index (χ2n) is 3.29. The molecule has 1 heterocycles. The summed E-state index contributed by atoms with van der Waals surface area (Å²) in [6, 6.07) is 0.461. The number of aromatic nitrogens is 1. The van der Waals surface area contributed by atoms with Gasteiger partial charge in [0.05, 0.1) is 0 Å². The summed E-state index contributed by atoms with van der Waals surface area (Å²) in [6.45, 7) is 6.94. The van der Waals surface area contributed by atoms with Gasteiger partial charge in [-0.15, -0.1) is 12.6 Å². The molecule has 0 atom stereocenters. The quantitative estimate of drug-likeness (QED) is 0.678. The molecule has 0 fully saturated rings. The molecule has 0 saturated carbocycles. The predicted molar refractivity (Wildman–Crippen MR) is 54.7 cm³/mol. The summed E-state index contributed by atoms with van der Waals surface area (Å²) in [6.07, 6.45) is 2.05. The minimum Gasteiger partial charge on any atom is -0.346 e. The fourth-order valence-corrected chi connectivity index (χ4v) is 1.62. The van der Waals surface area contributed by atoms with Crippen molar-refractivity contribution in [3.8, 4) is 0 Å². The monoisotopic (exact) mass is 184 g/mol. The van der Waals surface area contributed by atoms with Crippen molar-refractivity contribution in [2.24, 2.45) is 5.73 Å². The molecule has 0 amide bonds. The Morgan fingerprint density at radius 1 is 1.58 bits per heavy atom. The van der Waals surface area contributed by atoms with Crippen molar-refractivity contribution < 1.29 is 0 Å². The minimum absolute atomic E-state index is 0.461. The smallest absolute Gasteiger partial charge is 0.0355 e. The first kappa shape index (κ1) is 9.68. The summed E-state index contributed by atoms with van der Waals surface area (Å²) in [4.78, 5) is 1.03. The molecular weight excluding hydrogens is 168 g/mol. The normalized spacial score (nSPS) is 11.2. The number of hydrogen-bond acceptors (Lipinski definition) is 2. The molecule has 0 radical (unpaired) electrons. The summed E-state index contributed by atoms with van der Waals surface area (Å²) in [5, 5.41) is 0. The van der Waals surface area contributed by atoms with Crippen molar-refractivity contribution >= 4 is 12.6 Å². The molecule has 2 N–H and O–H groups in total. The van der Waals surface area contributed by atoms with Crippen LogP contribution in [0.1, 0.15) is 31.1 Å². The van der Waals surface area contributed by atoms with Crippen LogP contribution in [-0.4, -0.2) is 4.57 Å². The molecule has 0 aliphatic heterocycles. The van der Waals surface area contributed by atoms with Crippen molar-refractivity contribution in [3.05, 3.63) is 17.5 Å². The Morgan fingerprint density at radius 3 is 2.50 bits per heavy atom. The number of nitrogens with two attached hydrogens (primary N) is 1. The van der Waals surface area contributed by atoms with Gasteiger partial charge in [-0.05, 0) is 26.3 Å². The highest BCUT2D eigenvalue weighted by atomic mass is 32.1. The summed E-state index contributed by atoms with van der Waals surface area (Å²) in [5.74, 6) is 0. The Morgan fingerprint density at radius 2 is 2.17 bits per heavy atom. The lowest BCUT2D eigenvalue weighted by Gasteiger charge is -2.11. The maximum atomic E-state index is 5.65. The van der Waals surface area contributed by atoms with Crippen LogP contribution >= 0.6 is 12.6 Å². The Hall–Kier alpha value is -0.410. The summed E-state index contributed by atoms with van der Waals surface area (Å²) >= 11 is 4.36. The van der Waals surface area contributed by atoms with Crippen molar-refractivity contribution in [1.82, 2.24) is 4.57 Å². The van der Waals surface area contributed by atoms with Crippen LogP contribution < -0.4 is 5.73 Å². The third-order valence-corrected chi connectivity index (χ3v) is 2.59. The molecule has 0 bridgehead atoms. The standard InChI is InChI=1S/C9H16N2S/c1-6(2)11-5-9(12)7(3)8(11)4-10/h5-6,12H,4,10H2,1-3H3. The predicted octanol–water partition coefficient (Wildman–Crippen LogP) is 2.12. The van der Waals surface area contributed by atoms with E-state index in [4.69, 9.17) is 5.73 Å². The fraction of sp³-hybridized carbons (Fsp3) is 0.556. The molecule has 0 aliphatic carbocycles. The SMILES string of the molecule is Cc1c(S)cn(C(C)C)c1CN. The van der Waals surface area contributed by atoms with Gasteiger partial charge >= 0.3 is 0 Å². The van der Waals surface area contributed by atoms with Crippen LogP contribution in [0.25, 0.3) is 0 Å². The molecular formula is C9H16N2S. The molecule has 12 heavy (non-hydrogen) atoms. The van der Waals surface area contributed by atoms with Gasteiger partial charge in [0, 0.05) is 29.4 Å². The van der Waals surface area contributed by atoms with Crippen molar-refractivity contribution in [2.45, 2.75) is 38.3 Å². The zero-order chi connectivity index (χ0) is 9.30. The number of nitrogens with zero attached hydrogens (tertiary/aromatic N) is 1. The number of hydrogen-bond donors (Lipinski definition) is 2. The zero-order valence-corrected chi connectivity index (χ0v) is 8.73. The van der Waals surface area contributed by atoms with Crippen molar-refractivity contribution in [2.75, 3.05) is 0 Å². The summed E-state index contributed by atoms with van der Waals surface area (Å²) in [5.41, 5.74) is 8.04. The van der Waals surface area contributed by atoms with Gasteiger partial charge in [-0.2, -0.15) is 0 Å². The van der Waals surface area contributed by atoms with E-state index in [0.717, 1.165) is 4.90 Å². The number of rotatable bonds is 2. The maximum Gasteiger partial charge on any atom is 0.0355 e. The first-order valence-corrected chi connectivity index (χ1v) is 4.62. The van der Waals surface area contributed by atoms with Gasteiger partial charge < -0.3 is 10.3 Å². The van der Waals surface area contributed by atoms with E-state index in [1.807, 2.05) is 6.20 Å². The van der Waals surface area contributed by atoms with Gasteiger partial charge in [0.15, 0.2) is 0 Å². The third kappa shape index (κ3) is 1.52. The van der Waals surface area contributed by atoms with Gasteiger partial charge in [-0.1, -0.05) is 0 Å². The Bertz CT molecular complexity index is 276. The van der Waals surface area contributed by atoms with Crippen molar-refractivity contribution in [3.63, 3.8) is 0 Å². The van der Waals surface area contributed by atoms with Crippen LogP contribution in [0.4, 0.5) is 0 Å². The molecule has 3 heteroatoms. The first-order chi connectivity index (χ1) is 5.57. The molecule has 0 unspecified atom stereocenters. The molecule has 68 valence electrons. The van der Waals surface area contributed by atoms with E-state index < -0.39 is 0 Å². The van der Waals surface area contributed by atoms with Gasteiger partial charge in [-0.25, -0.2) is 0 Å². The van der Waals surface area contributed by atoms with E-state index in [9.17, 15) is 0 Å². The Labute approximate surface area is 79.2 Å². The third-order valence-electron chi connectivity index (χ3n) is 2.14. The lowest BCUT2D eigenvalue weighted by Crippen LogP contribution is -2.09. The van der Waals surface area contributed by atoms with Crippen LogP contribution in [0.15, 0.2) is 11.1 Å². The van der Waals surface area contributed by atoms with Crippen LogP contribution in [0.2, 0.25) is 0 Å². The highest BCUT2D eigenvalue weighted by Gasteiger charge is 2.09. The van der Waals surface area contributed by atoms with Crippen LogP contribution in [0.3, 0.4) is 0 Å². The first-order valence-electron chi connectivity index (χ1n) is 4.17. The van der Waals surface area contributed by atoms with Crippen LogP contribution in [0.5, 0.6) is 0 Å². The largest absolute Gasteiger partial charge is 0.346 e. The fourth-order valence-electron chi connectivity index (χ4n) is 1.37. The highest BCUT2D eigenvalue weighted by Crippen LogP contribution is 2.22. The lowest BCUT2D eigenvalue weighted by molar-refractivity contribution is 0.574.